The molecule has 0 saturated carbocycles. The first-order valence-corrected chi connectivity index (χ1v) is 44.1. The number of aliphatic carboxylic acids is 2. The van der Waals surface area contributed by atoms with Crippen molar-refractivity contribution in [2.45, 2.75) is 71.4 Å². The third kappa shape index (κ3) is 57.6. The Morgan fingerprint density at radius 2 is 0.576 bits per heavy atom. The van der Waals surface area contributed by atoms with Crippen molar-refractivity contribution in [1.29, 1.82) is 0 Å². The lowest BCUT2D eigenvalue weighted by Gasteiger charge is -2.19. The fourth-order valence-electron chi connectivity index (χ4n) is 10.5. The van der Waals surface area contributed by atoms with E-state index in [2.05, 4.69) is 5.32 Å². The molecule has 5 N–H and O–H groups in total. The van der Waals surface area contributed by atoms with Crippen LogP contribution < -0.4 is 47.9 Å². The third-order valence-corrected chi connectivity index (χ3v) is 17.3. The molecule has 0 atom stereocenters. The molecule has 0 aliphatic carbocycles. The molecular weight excluding hydrogens is 1670 g/mol. The lowest BCUT2D eigenvalue weighted by atomic mass is 10.1. The highest BCUT2D eigenvalue weighted by atomic mass is 31.2. The van der Waals surface area contributed by atoms with Crippen molar-refractivity contribution < 1.29 is 176 Å². The number of Topliss-reactive ketones (excluding diaryl/α,β-unsaturated/α-hetero) is 2. The van der Waals surface area contributed by atoms with Gasteiger partial charge >= 0.3 is 19.5 Å². The number of amides is 1. The highest BCUT2D eigenvalue weighted by Crippen LogP contribution is 2.42. The Morgan fingerprint density at radius 1 is 0.296 bits per heavy atom. The van der Waals surface area contributed by atoms with E-state index in [1.807, 2.05) is 13.8 Å². The molecule has 0 aromatic heterocycles. The second-order valence-corrected chi connectivity index (χ2v) is 28.4. The number of ketones is 2. The molecule has 0 unspecified atom stereocenters. The standard InChI is InChI=1S/C86H134NO37P/c1-5-18-100-29-33-106-41-45-110-49-55-119-78-63-70(65-80(84(78)123-59-53-114-35-31-102-22-15-82(90)91)121-57-51-112-47-43-108-39-37-104-27-25-98-3)76(88)9-7-20-116-74-61-72(86(94)87-17-24-118-73-13-11-69(12-14-73)68-125(95,96)97)62-75(67-74)117-21-8-10-77(89)71-64-79(120-56-50-111-46-42-107-34-30-101-19-6-2)85(124-60-54-115-36-32-103-23-16-83(92)93)81(66-71)122-58-52-113-48-44-109-40-38-105-28-26-99-4/h11-14,61-67H,5-10,15-60,68H2,1-4H3,(H,87,94)(H,90,91)(H,92,93)(H2,95,96,97). The number of nitrogens with one attached hydrogen (secondary N) is 1. The molecular formula is C86H134NO37P. The van der Waals surface area contributed by atoms with Crippen LogP contribution in [-0.4, -0.2) is 354 Å². The fraction of sp³-hybridized carbons (Fsp3) is 0.663. The summed E-state index contributed by atoms with van der Waals surface area (Å²) in [5.74, 6) is -1.27. The van der Waals surface area contributed by atoms with Crippen molar-refractivity contribution >= 4 is 37.0 Å². The number of carbonyl (C=O) groups excluding carboxylic acids is 3. The van der Waals surface area contributed by atoms with Gasteiger partial charge in [-0.3, -0.25) is 28.5 Å². The summed E-state index contributed by atoms with van der Waals surface area (Å²) in [5.41, 5.74) is 0.983. The van der Waals surface area contributed by atoms with E-state index in [-0.39, 0.29) is 284 Å². The third-order valence-electron chi connectivity index (χ3n) is 16.5. The second-order valence-electron chi connectivity index (χ2n) is 26.8. The SMILES string of the molecule is CCCOCCOCCOCCOc1cc(C(=O)CCCOc2cc(OCCCC(=O)c3cc(OCCOCCOCCOCCC)c(OCCOCCOCCC(=O)O)c(OCCOCCOCCOCCOC)c3)cc(C(=O)NCCOc3ccc(CP(=O)(O)O)cc3)c2)cc(OCCOCCOCCOCCOC)c1OCCOCCOCCC(=O)O. The Kier molecular flexibility index (Phi) is 65.1. The number of ether oxygens (including phenoxy) is 27. The molecule has 0 aliphatic rings. The van der Waals surface area contributed by atoms with Crippen LogP contribution in [-0.2, 0) is 106 Å². The van der Waals surface area contributed by atoms with E-state index >= 15 is 0 Å². The Labute approximate surface area is 732 Å². The van der Waals surface area contributed by atoms with Crippen molar-refractivity contribution in [2.75, 3.05) is 305 Å². The number of rotatable bonds is 89. The Hall–Kier alpha value is -7.74. The van der Waals surface area contributed by atoms with Gasteiger partial charge in [0.1, 0.15) is 63.5 Å². The molecule has 0 spiro atoms. The maximum absolute atomic E-state index is 14.4. The molecule has 38 nitrogen and oxygen atoms in total. The molecule has 710 valence electrons. The smallest absolute Gasteiger partial charge is 0.329 e. The maximum Gasteiger partial charge on any atom is 0.329 e. The predicted octanol–water partition coefficient (Wildman–Crippen LogP) is 7.86. The zero-order chi connectivity index (χ0) is 89.9. The lowest BCUT2D eigenvalue weighted by Crippen LogP contribution is -2.28. The highest BCUT2D eigenvalue weighted by molar-refractivity contribution is 7.50. The largest absolute Gasteiger partial charge is 0.493 e. The van der Waals surface area contributed by atoms with Crippen molar-refractivity contribution in [3.8, 4) is 51.7 Å². The molecule has 1 amide bonds. The van der Waals surface area contributed by atoms with Crippen LogP contribution in [0.2, 0.25) is 0 Å². The molecule has 125 heavy (non-hydrogen) atoms. The van der Waals surface area contributed by atoms with Crippen LogP contribution in [0.1, 0.15) is 102 Å². The summed E-state index contributed by atoms with van der Waals surface area (Å²) in [6.07, 6.45) is 1.33. The van der Waals surface area contributed by atoms with Crippen LogP contribution in [0, 0.1) is 0 Å². The summed E-state index contributed by atoms with van der Waals surface area (Å²) in [6, 6.07) is 17.0. The lowest BCUT2D eigenvalue weighted by molar-refractivity contribution is -0.139. The first kappa shape index (κ1) is 110. The average Bonchev–Trinajstić information content (AvgIpc) is 0.816. The molecule has 4 aromatic carbocycles. The number of carbonyl (C=O) groups is 5. The van der Waals surface area contributed by atoms with E-state index in [0.717, 1.165) is 12.8 Å². The van der Waals surface area contributed by atoms with Gasteiger partial charge in [0.05, 0.1) is 250 Å². The summed E-state index contributed by atoms with van der Waals surface area (Å²) >= 11 is 0. The van der Waals surface area contributed by atoms with Crippen LogP contribution in [0.3, 0.4) is 0 Å². The Balaban J connectivity index is 1.59. The Bertz CT molecular complexity index is 3310. The first-order valence-electron chi connectivity index (χ1n) is 42.3. The van der Waals surface area contributed by atoms with E-state index < -0.39 is 31.6 Å². The summed E-state index contributed by atoms with van der Waals surface area (Å²) in [7, 11) is -1.12. The van der Waals surface area contributed by atoms with E-state index in [1.54, 1.807) is 56.7 Å². The van der Waals surface area contributed by atoms with Gasteiger partial charge in [0, 0.05) is 63.0 Å². The zero-order valence-corrected chi connectivity index (χ0v) is 73.9. The number of hydrogen-bond donors (Lipinski definition) is 5. The number of carboxylic acid groups (broad SMARTS) is 2. The normalized spacial score (nSPS) is 11.4. The van der Waals surface area contributed by atoms with Gasteiger partial charge in [-0.05, 0) is 79.8 Å². The van der Waals surface area contributed by atoms with Crippen LogP contribution >= 0.6 is 7.60 Å². The van der Waals surface area contributed by atoms with Crippen LogP contribution in [0.15, 0.2) is 66.7 Å². The van der Waals surface area contributed by atoms with Crippen molar-refractivity contribution in [2.24, 2.45) is 0 Å². The fourth-order valence-corrected chi connectivity index (χ4v) is 11.2. The molecule has 0 bridgehead atoms. The monoisotopic (exact) mass is 1800 g/mol. The molecule has 0 radical (unpaired) electrons. The summed E-state index contributed by atoms with van der Waals surface area (Å²) in [4.78, 5) is 83.7. The molecule has 39 heteroatoms. The zero-order valence-electron chi connectivity index (χ0n) is 73.0. The van der Waals surface area contributed by atoms with Gasteiger partial charge in [-0.1, -0.05) is 26.0 Å². The van der Waals surface area contributed by atoms with Gasteiger partial charge in [0.15, 0.2) is 34.6 Å². The van der Waals surface area contributed by atoms with Crippen LogP contribution in [0.25, 0.3) is 0 Å². The van der Waals surface area contributed by atoms with Crippen LogP contribution in [0.4, 0.5) is 0 Å². The van der Waals surface area contributed by atoms with E-state index in [4.69, 9.17) is 138 Å². The summed E-state index contributed by atoms with van der Waals surface area (Å²) in [5, 5.41) is 20.8. The van der Waals surface area contributed by atoms with E-state index in [9.17, 15) is 38.3 Å². The molecule has 0 fully saturated rings. The number of methoxy groups -OCH3 is 2. The second kappa shape index (κ2) is 74.2. The number of hydrogen-bond acceptors (Lipinski definition) is 33. The van der Waals surface area contributed by atoms with Crippen molar-refractivity contribution in [3.63, 3.8) is 0 Å². The van der Waals surface area contributed by atoms with Crippen molar-refractivity contribution in [3.05, 3.63) is 89.0 Å². The van der Waals surface area contributed by atoms with Gasteiger partial charge in [0.2, 0.25) is 11.5 Å². The van der Waals surface area contributed by atoms with E-state index in [0.29, 0.717) is 130 Å². The number of carboxylic acids is 2. The molecule has 4 aromatic rings. The van der Waals surface area contributed by atoms with Crippen LogP contribution in [0.5, 0.6) is 51.7 Å². The Morgan fingerprint density at radius 3 is 0.872 bits per heavy atom. The molecule has 0 saturated heterocycles. The van der Waals surface area contributed by atoms with Gasteiger partial charge < -0.3 is 153 Å². The van der Waals surface area contributed by atoms with Crippen molar-refractivity contribution in [1.82, 2.24) is 5.32 Å². The predicted molar refractivity (Wildman–Crippen MR) is 452 cm³/mol. The quantitative estimate of drug-likeness (QED) is 0.0159. The van der Waals surface area contributed by atoms with Gasteiger partial charge in [-0.25, -0.2) is 0 Å². The first-order chi connectivity index (χ1) is 61.0. The van der Waals surface area contributed by atoms with Gasteiger partial charge in [0.25, 0.3) is 5.91 Å². The van der Waals surface area contributed by atoms with E-state index in [1.165, 1.54) is 24.3 Å². The summed E-state index contributed by atoms with van der Waals surface area (Å²) in [6.45, 7) is 14.3. The van der Waals surface area contributed by atoms with Gasteiger partial charge in [-0.15, -0.1) is 0 Å². The molecule has 4 rings (SSSR count). The maximum atomic E-state index is 14.4. The minimum absolute atomic E-state index is 0.00748. The average molecular weight is 1800 g/mol. The molecule has 0 aliphatic heterocycles. The molecule has 0 heterocycles. The minimum Gasteiger partial charge on any atom is -0.493 e. The summed E-state index contributed by atoms with van der Waals surface area (Å²) < 4.78 is 168. The minimum atomic E-state index is -4.30. The topological polar surface area (TPSA) is 445 Å². The van der Waals surface area contributed by atoms with Gasteiger partial charge in [-0.2, -0.15) is 0 Å². The highest BCUT2D eigenvalue weighted by Gasteiger charge is 2.23. The number of benzene rings is 4.